The maximum Gasteiger partial charge on any atom is 0.271 e. The third-order valence-corrected chi connectivity index (χ3v) is 5.40. The number of hydrazone groups is 1. The largest absolute Gasteiger partial charge is 0.489 e. The second-order valence-corrected chi connectivity index (χ2v) is 8.95. The summed E-state index contributed by atoms with van der Waals surface area (Å²) in [7, 11) is 0. The second kappa shape index (κ2) is 9.99. The number of benzene rings is 3. The van der Waals surface area contributed by atoms with Crippen LogP contribution in [0.5, 0.6) is 5.75 Å². The number of halogens is 2. The molecule has 1 N–H and O–H groups in total. The Bertz CT molecular complexity index is 1070. The molecule has 31 heavy (non-hydrogen) atoms. The fraction of sp³-hybridized carbons (Fsp3) is 0.200. The molecule has 3 rings (SSSR count). The lowest BCUT2D eigenvalue weighted by Gasteiger charge is -2.18. The normalized spacial score (nSPS) is 11.5. The predicted molar refractivity (Wildman–Crippen MR) is 127 cm³/mol. The summed E-state index contributed by atoms with van der Waals surface area (Å²) < 4.78 is 5.73. The Balaban J connectivity index is 1.52. The number of hydrogen-bond donors (Lipinski definition) is 1. The van der Waals surface area contributed by atoms with Crippen LogP contribution in [0.3, 0.4) is 0 Å². The van der Waals surface area contributed by atoms with Gasteiger partial charge in [-0.25, -0.2) is 5.43 Å². The van der Waals surface area contributed by atoms with Gasteiger partial charge in [0.15, 0.2) is 0 Å². The van der Waals surface area contributed by atoms with Gasteiger partial charge in [-0.2, -0.15) is 5.10 Å². The maximum atomic E-state index is 12.3. The van der Waals surface area contributed by atoms with Crippen molar-refractivity contribution in [2.45, 2.75) is 32.8 Å². The Labute approximate surface area is 192 Å². The highest BCUT2D eigenvalue weighted by Crippen LogP contribution is 2.24. The minimum Gasteiger partial charge on any atom is -0.489 e. The van der Waals surface area contributed by atoms with Crippen molar-refractivity contribution in [3.63, 3.8) is 0 Å². The average Bonchev–Trinajstić information content (AvgIpc) is 2.74. The smallest absolute Gasteiger partial charge is 0.271 e. The molecule has 0 heterocycles. The first kappa shape index (κ1) is 22.9. The topological polar surface area (TPSA) is 50.7 Å². The van der Waals surface area contributed by atoms with Crippen LogP contribution < -0.4 is 10.2 Å². The first-order valence-electron chi connectivity index (χ1n) is 9.83. The zero-order chi connectivity index (χ0) is 22.4. The van der Waals surface area contributed by atoms with E-state index in [2.05, 4.69) is 43.4 Å². The third-order valence-electron chi connectivity index (χ3n) is 4.66. The Kier molecular flexibility index (Phi) is 7.37. The molecule has 0 saturated heterocycles. The van der Waals surface area contributed by atoms with Crippen LogP contribution >= 0.6 is 23.2 Å². The fourth-order valence-corrected chi connectivity index (χ4v) is 3.12. The van der Waals surface area contributed by atoms with E-state index in [-0.39, 0.29) is 11.3 Å². The van der Waals surface area contributed by atoms with E-state index in [4.69, 9.17) is 27.9 Å². The molecule has 0 bridgehead atoms. The maximum absolute atomic E-state index is 12.3. The quantitative estimate of drug-likeness (QED) is 0.335. The lowest BCUT2D eigenvalue weighted by Crippen LogP contribution is -2.17. The molecule has 1 amide bonds. The summed E-state index contributed by atoms with van der Waals surface area (Å²) in [5, 5.41) is 5.04. The van der Waals surface area contributed by atoms with E-state index >= 15 is 0 Å². The molecule has 6 heteroatoms. The van der Waals surface area contributed by atoms with Gasteiger partial charge in [0.25, 0.3) is 5.91 Å². The van der Waals surface area contributed by atoms with Crippen LogP contribution in [-0.4, -0.2) is 12.1 Å². The molecule has 0 aliphatic heterocycles. The van der Waals surface area contributed by atoms with Gasteiger partial charge in [-0.3, -0.25) is 4.79 Å². The molecule has 0 atom stereocenters. The minimum absolute atomic E-state index is 0.0988. The van der Waals surface area contributed by atoms with E-state index in [9.17, 15) is 4.79 Å². The van der Waals surface area contributed by atoms with Gasteiger partial charge in [-0.1, -0.05) is 74.3 Å². The number of nitrogens with zero attached hydrogens (tertiary/aromatic N) is 1. The highest BCUT2D eigenvalue weighted by molar-refractivity contribution is 6.42. The first-order valence-corrected chi connectivity index (χ1v) is 10.6. The third kappa shape index (κ3) is 6.58. The number of rotatable bonds is 6. The van der Waals surface area contributed by atoms with E-state index in [1.807, 2.05) is 18.2 Å². The van der Waals surface area contributed by atoms with Crippen molar-refractivity contribution in [1.82, 2.24) is 5.43 Å². The highest BCUT2D eigenvalue weighted by Gasteiger charge is 2.12. The summed E-state index contributed by atoms with van der Waals surface area (Å²) in [6, 6.07) is 20.3. The molecule has 0 unspecified atom stereocenters. The Hall–Kier alpha value is -2.82. The number of amides is 1. The van der Waals surface area contributed by atoms with E-state index in [0.717, 1.165) is 11.1 Å². The van der Waals surface area contributed by atoms with Crippen molar-refractivity contribution in [2.24, 2.45) is 5.10 Å². The summed E-state index contributed by atoms with van der Waals surface area (Å²) in [4.78, 5) is 12.3. The van der Waals surface area contributed by atoms with E-state index in [0.29, 0.717) is 28.0 Å². The van der Waals surface area contributed by atoms with Crippen molar-refractivity contribution in [1.29, 1.82) is 0 Å². The van der Waals surface area contributed by atoms with Crippen molar-refractivity contribution in [2.75, 3.05) is 0 Å². The summed E-state index contributed by atoms with van der Waals surface area (Å²) >= 11 is 11.9. The summed E-state index contributed by atoms with van der Waals surface area (Å²) in [5.41, 5.74) is 6.20. The van der Waals surface area contributed by atoms with Crippen LogP contribution in [0, 0.1) is 0 Å². The molecular weight excluding hydrogens is 431 g/mol. The molecule has 0 spiro atoms. The monoisotopic (exact) mass is 454 g/mol. The summed E-state index contributed by atoms with van der Waals surface area (Å²) in [5.74, 6) is 0.351. The molecule has 0 aromatic heterocycles. The summed E-state index contributed by atoms with van der Waals surface area (Å²) in [6.45, 7) is 6.85. The fourth-order valence-electron chi connectivity index (χ4n) is 2.80. The SMILES string of the molecule is CC(C)(C)c1ccc(C=NNC(=O)c2ccc(OCc3ccc(Cl)c(Cl)c3)cc2)cc1. The van der Waals surface area contributed by atoms with Crippen LogP contribution in [0.4, 0.5) is 0 Å². The number of carbonyl (C=O) groups is 1. The van der Waals surface area contributed by atoms with Crippen LogP contribution in [0.2, 0.25) is 10.0 Å². The molecule has 0 aliphatic rings. The van der Waals surface area contributed by atoms with E-state index in [1.54, 1.807) is 42.6 Å². The molecule has 160 valence electrons. The molecule has 3 aromatic rings. The van der Waals surface area contributed by atoms with Gasteiger partial charge in [-0.05, 0) is 58.5 Å². The Morgan fingerprint density at radius 2 is 1.65 bits per heavy atom. The Morgan fingerprint density at radius 3 is 2.26 bits per heavy atom. The molecule has 3 aromatic carbocycles. The molecule has 0 saturated carbocycles. The number of nitrogens with one attached hydrogen (secondary N) is 1. The predicted octanol–water partition coefficient (Wildman–Crippen LogP) is 6.63. The lowest BCUT2D eigenvalue weighted by atomic mass is 9.87. The standard InChI is InChI=1S/C25H24Cl2N2O2/c1-25(2,3)20-9-4-17(5-10-20)15-28-29-24(30)19-7-11-21(12-8-19)31-16-18-6-13-22(26)23(27)14-18/h4-15H,16H2,1-3H3,(H,29,30). The van der Waals surface area contributed by atoms with Gasteiger partial charge in [0.05, 0.1) is 16.3 Å². The van der Waals surface area contributed by atoms with Gasteiger partial charge in [0.1, 0.15) is 12.4 Å². The van der Waals surface area contributed by atoms with E-state index in [1.165, 1.54) is 5.56 Å². The average molecular weight is 455 g/mol. The second-order valence-electron chi connectivity index (χ2n) is 8.13. The van der Waals surface area contributed by atoms with Gasteiger partial charge in [-0.15, -0.1) is 0 Å². The molecular formula is C25H24Cl2N2O2. The molecule has 0 radical (unpaired) electrons. The van der Waals surface area contributed by atoms with Crippen LogP contribution in [0.25, 0.3) is 0 Å². The zero-order valence-corrected chi connectivity index (χ0v) is 19.2. The van der Waals surface area contributed by atoms with Crippen molar-refractivity contribution in [3.05, 3.63) is 99.0 Å². The number of carbonyl (C=O) groups excluding carboxylic acids is 1. The Morgan fingerprint density at radius 1 is 0.968 bits per heavy atom. The number of ether oxygens (including phenoxy) is 1. The minimum atomic E-state index is -0.293. The van der Waals surface area contributed by atoms with Gasteiger partial charge in [0, 0.05) is 5.56 Å². The van der Waals surface area contributed by atoms with Crippen LogP contribution in [-0.2, 0) is 12.0 Å². The summed E-state index contributed by atoms with van der Waals surface area (Å²) in [6.07, 6.45) is 1.62. The highest BCUT2D eigenvalue weighted by atomic mass is 35.5. The van der Waals surface area contributed by atoms with Crippen molar-refractivity contribution < 1.29 is 9.53 Å². The molecule has 0 aliphatic carbocycles. The van der Waals surface area contributed by atoms with E-state index < -0.39 is 0 Å². The molecule has 4 nitrogen and oxygen atoms in total. The van der Waals surface area contributed by atoms with Gasteiger partial charge >= 0.3 is 0 Å². The lowest BCUT2D eigenvalue weighted by molar-refractivity contribution is 0.0955. The molecule has 0 fully saturated rings. The van der Waals surface area contributed by atoms with Gasteiger partial charge in [0.2, 0.25) is 0 Å². The van der Waals surface area contributed by atoms with Crippen molar-refractivity contribution in [3.8, 4) is 5.75 Å². The van der Waals surface area contributed by atoms with Gasteiger partial charge < -0.3 is 4.74 Å². The van der Waals surface area contributed by atoms with Crippen molar-refractivity contribution >= 4 is 35.3 Å². The van der Waals surface area contributed by atoms with Crippen LogP contribution in [0.1, 0.15) is 47.8 Å². The first-order chi connectivity index (χ1) is 14.7. The zero-order valence-electron chi connectivity index (χ0n) is 17.7. The number of hydrogen-bond acceptors (Lipinski definition) is 3. The van der Waals surface area contributed by atoms with Crippen LogP contribution in [0.15, 0.2) is 71.8 Å².